The van der Waals surface area contributed by atoms with Gasteiger partial charge in [-0.25, -0.2) is 0 Å². The minimum atomic E-state index is 0.745. The van der Waals surface area contributed by atoms with E-state index in [1.54, 1.807) is 0 Å². The first-order valence-electron chi connectivity index (χ1n) is 4.69. The van der Waals surface area contributed by atoms with E-state index in [0.717, 1.165) is 26.2 Å². The van der Waals surface area contributed by atoms with Crippen LogP contribution in [0, 0.1) is 0 Å². The molecule has 0 fully saturated rings. The van der Waals surface area contributed by atoms with Crippen LogP contribution in [0.5, 0.6) is 0 Å². The molecule has 0 unspecified atom stereocenters. The van der Waals surface area contributed by atoms with Crippen LogP contribution in [0.3, 0.4) is 0 Å². The Hall–Kier alpha value is -0.0800. The maximum absolute atomic E-state index is 5.34. The Morgan fingerprint density at radius 3 is 2.36 bits per heavy atom. The molecule has 0 aromatic rings. The molecule has 0 radical (unpaired) electrons. The van der Waals surface area contributed by atoms with Gasteiger partial charge in [0.15, 0.2) is 0 Å². The molecule has 0 aromatic heterocycles. The highest BCUT2D eigenvalue weighted by atomic mass is 16.5. The number of hydrogen-bond acceptors (Lipinski definition) is 2. The van der Waals surface area contributed by atoms with Crippen molar-refractivity contribution in [3.05, 3.63) is 0 Å². The van der Waals surface area contributed by atoms with Crippen molar-refractivity contribution in [3.63, 3.8) is 0 Å². The van der Waals surface area contributed by atoms with E-state index in [1.807, 2.05) is 0 Å². The Morgan fingerprint density at radius 2 is 1.73 bits per heavy atom. The second-order valence-electron chi connectivity index (χ2n) is 2.82. The molecule has 11 heavy (non-hydrogen) atoms. The van der Waals surface area contributed by atoms with Gasteiger partial charge < -0.3 is 10.5 Å². The van der Waals surface area contributed by atoms with Crippen LogP contribution >= 0.6 is 0 Å². The predicted molar refractivity (Wildman–Crippen MR) is 48.6 cm³/mol. The Labute approximate surface area is 70.1 Å². The van der Waals surface area contributed by atoms with Crippen molar-refractivity contribution in [1.82, 2.24) is 0 Å². The summed E-state index contributed by atoms with van der Waals surface area (Å²) in [7, 11) is 0. The first-order chi connectivity index (χ1) is 5.41. The maximum atomic E-state index is 5.34. The lowest BCUT2D eigenvalue weighted by molar-refractivity contribution is 0.129. The van der Waals surface area contributed by atoms with E-state index in [2.05, 4.69) is 6.92 Å². The van der Waals surface area contributed by atoms with Gasteiger partial charge in [-0.2, -0.15) is 0 Å². The number of nitrogens with two attached hydrogens (primary N) is 1. The lowest BCUT2D eigenvalue weighted by Gasteiger charge is -2.01. The summed E-state index contributed by atoms with van der Waals surface area (Å²) in [6, 6.07) is 0. The van der Waals surface area contributed by atoms with Crippen molar-refractivity contribution in [2.45, 2.75) is 39.0 Å². The molecule has 0 aliphatic rings. The molecule has 0 aliphatic heterocycles. The number of rotatable bonds is 8. The molecule has 2 nitrogen and oxygen atoms in total. The van der Waals surface area contributed by atoms with E-state index < -0.39 is 0 Å². The molecular weight excluding hydrogens is 138 g/mol. The average Bonchev–Trinajstić information content (AvgIpc) is 2.03. The van der Waals surface area contributed by atoms with Gasteiger partial charge in [0.2, 0.25) is 0 Å². The Kier molecular flexibility index (Phi) is 9.85. The molecule has 0 spiro atoms. The molecule has 2 heteroatoms. The van der Waals surface area contributed by atoms with E-state index in [0.29, 0.717) is 0 Å². The molecule has 0 saturated carbocycles. The summed E-state index contributed by atoms with van der Waals surface area (Å²) in [5, 5.41) is 0. The highest BCUT2D eigenvalue weighted by molar-refractivity contribution is 4.40. The van der Waals surface area contributed by atoms with Crippen molar-refractivity contribution in [3.8, 4) is 0 Å². The lowest BCUT2D eigenvalue weighted by Crippen LogP contribution is -2.04. The lowest BCUT2D eigenvalue weighted by atomic mass is 10.2. The molecule has 0 bridgehead atoms. The molecule has 68 valence electrons. The summed E-state index contributed by atoms with van der Waals surface area (Å²) < 4.78 is 5.34. The maximum Gasteiger partial charge on any atom is 0.0478 e. The third-order valence-corrected chi connectivity index (χ3v) is 1.64. The quantitative estimate of drug-likeness (QED) is 0.549. The topological polar surface area (TPSA) is 35.2 Å². The summed E-state index contributed by atoms with van der Waals surface area (Å²) in [5.74, 6) is 0. The summed E-state index contributed by atoms with van der Waals surface area (Å²) in [6.45, 7) is 4.72. The van der Waals surface area contributed by atoms with Crippen LogP contribution in [0.1, 0.15) is 39.0 Å². The molecule has 2 N–H and O–H groups in total. The SMILES string of the molecule is CCCCCCOCCCN. The zero-order chi connectivity index (χ0) is 8.36. The fourth-order valence-electron chi connectivity index (χ4n) is 0.918. The minimum absolute atomic E-state index is 0.745. The first-order valence-corrected chi connectivity index (χ1v) is 4.69. The van der Waals surface area contributed by atoms with Gasteiger partial charge in [-0.15, -0.1) is 0 Å². The summed E-state index contributed by atoms with van der Waals surface area (Å²) in [6.07, 6.45) is 6.13. The fourth-order valence-corrected chi connectivity index (χ4v) is 0.918. The molecule has 0 aliphatic carbocycles. The first kappa shape index (κ1) is 10.9. The van der Waals surface area contributed by atoms with Gasteiger partial charge in [-0.05, 0) is 19.4 Å². The summed E-state index contributed by atoms with van der Waals surface area (Å²) >= 11 is 0. The average molecular weight is 159 g/mol. The molecule has 0 rings (SSSR count). The molecule has 0 aromatic carbocycles. The Bertz CT molecular complexity index is 58.6. The number of ether oxygens (including phenoxy) is 1. The number of hydrogen-bond donors (Lipinski definition) is 1. The molecule has 0 atom stereocenters. The minimum Gasteiger partial charge on any atom is -0.381 e. The molecule has 0 heterocycles. The molecule has 0 saturated heterocycles. The van der Waals surface area contributed by atoms with Crippen LogP contribution in [0.2, 0.25) is 0 Å². The van der Waals surface area contributed by atoms with Crippen LogP contribution in [0.4, 0.5) is 0 Å². The summed E-state index contributed by atoms with van der Waals surface area (Å²) in [5.41, 5.74) is 5.31. The fraction of sp³-hybridized carbons (Fsp3) is 1.00. The zero-order valence-electron chi connectivity index (χ0n) is 7.64. The summed E-state index contributed by atoms with van der Waals surface area (Å²) in [4.78, 5) is 0. The van der Waals surface area contributed by atoms with Crippen LogP contribution in [0.25, 0.3) is 0 Å². The molecular formula is C9H21NO. The van der Waals surface area contributed by atoms with Gasteiger partial charge in [0.25, 0.3) is 0 Å². The predicted octanol–water partition coefficient (Wildman–Crippen LogP) is 1.93. The van der Waals surface area contributed by atoms with Crippen molar-refractivity contribution < 1.29 is 4.74 Å². The normalized spacial score (nSPS) is 10.4. The largest absolute Gasteiger partial charge is 0.381 e. The second-order valence-corrected chi connectivity index (χ2v) is 2.82. The van der Waals surface area contributed by atoms with Gasteiger partial charge in [0, 0.05) is 13.2 Å². The van der Waals surface area contributed by atoms with E-state index in [1.165, 1.54) is 25.7 Å². The van der Waals surface area contributed by atoms with Crippen LogP contribution < -0.4 is 5.73 Å². The second kappa shape index (κ2) is 9.92. The van der Waals surface area contributed by atoms with Crippen LogP contribution in [0.15, 0.2) is 0 Å². The van der Waals surface area contributed by atoms with Crippen molar-refractivity contribution in [2.75, 3.05) is 19.8 Å². The number of unbranched alkanes of at least 4 members (excludes halogenated alkanes) is 3. The van der Waals surface area contributed by atoms with Gasteiger partial charge in [0.05, 0.1) is 0 Å². The smallest absolute Gasteiger partial charge is 0.0478 e. The third-order valence-electron chi connectivity index (χ3n) is 1.64. The van der Waals surface area contributed by atoms with Gasteiger partial charge in [-0.3, -0.25) is 0 Å². The highest BCUT2D eigenvalue weighted by Gasteiger charge is 1.88. The van der Waals surface area contributed by atoms with E-state index in [4.69, 9.17) is 10.5 Å². The third kappa shape index (κ3) is 9.92. The molecule has 0 amide bonds. The van der Waals surface area contributed by atoms with Crippen molar-refractivity contribution in [2.24, 2.45) is 5.73 Å². The Balaban J connectivity index is 2.69. The zero-order valence-corrected chi connectivity index (χ0v) is 7.64. The van der Waals surface area contributed by atoms with Gasteiger partial charge in [-0.1, -0.05) is 26.2 Å². The van der Waals surface area contributed by atoms with Crippen molar-refractivity contribution >= 4 is 0 Å². The van der Waals surface area contributed by atoms with Gasteiger partial charge >= 0.3 is 0 Å². The standard InChI is InChI=1S/C9H21NO/c1-2-3-4-5-8-11-9-6-7-10/h2-10H2,1H3. The van der Waals surface area contributed by atoms with Crippen molar-refractivity contribution in [1.29, 1.82) is 0 Å². The van der Waals surface area contributed by atoms with Gasteiger partial charge in [0.1, 0.15) is 0 Å². The van der Waals surface area contributed by atoms with Crippen LogP contribution in [-0.4, -0.2) is 19.8 Å². The highest BCUT2D eigenvalue weighted by Crippen LogP contribution is 1.98. The van der Waals surface area contributed by atoms with E-state index in [-0.39, 0.29) is 0 Å². The van der Waals surface area contributed by atoms with Crippen LogP contribution in [-0.2, 0) is 4.74 Å². The Morgan fingerprint density at radius 1 is 1.00 bits per heavy atom. The van der Waals surface area contributed by atoms with E-state index >= 15 is 0 Å². The monoisotopic (exact) mass is 159 g/mol. The van der Waals surface area contributed by atoms with E-state index in [9.17, 15) is 0 Å².